The molecule has 0 bridgehead atoms. The highest BCUT2D eigenvalue weighted by Crippen LogP contribution is 2.20. The second-order valence-electron chi connectivity index (χ2n) is 5.96. The lowest BCUT2D eigenvalue weighted by atomic mass is 10.1. The third kappa shape index (κ3) is 4.79. The summed E-state index contributed by atoms with van der Waals surface area (Å²) in [6.45, 7) is 7.71. The van der Waals surface area contributed by atoms with Gasteiger partial charge in [-0.3, -0.25) is 0 Å². The molecule has 124 valence electrons. The van der Waals surface area contributed by atoms with Crippen LogP contribution in [0.25, 0.3) is 11.5 Å². The molecule has 1 aromatic carbocycles. The second-order valence-corrected chi connectivity index (χ2v) is 5.96. The maximum absolute atomic E-state index is 12.2. The summed E-state index contributed by atoms with van der Waals surface area (Å²) >= 11 is 0. The second kappa shape index (κ2) is 6.78. The molecule has 0 unspecified atom stereocenters. The van der Waals surface area contributed by atoms with E-state index in [9.17, 15) is 9.90 Å². The van der Waals surface area contributed by atoms with Crippen molar-refractivity contribution in [3.8, 4) is 11.5 Å². The molecule has 23 heavy (non-hydrogen) atoms. The molecule has 0 aliphatic carbocycles. The van der Waals surface area contributed by atoms with Crippen molar-refractivity contribution in [3.63, 3.8) is 0 Å². The van der Waals surface area contributed by atoms with Gasteiger partial charge in [-0.15, -0.1) is 10.2 Å². The lowest BCUT2D eigenvalue weighted by molar-refractivity contribution is 0.0501. The Morgan fingerprint density at radius 1 is 1.30 bits per heavy atom. The van der Waals surface area contributed by atoms with E-state index in [0.29, 0.717) is 24.0 Å². The van der Waals surface area contributed by atoms with Crippen LogP contribution in [-0.4, -0.2) is 44.9 Å². The van der Waals surface area contributed by atoms with Crippen molar-refractivity contribution in [1.29, 1.82) is 0 Å². The van der Waals surface area contributed by atoms with Crippen LogP contribution in [0.1, 0.15) is 26.7 Å². The fourth-order valence-electron chi connectivity index (χ4n) is 2.11. The Bertz CT molecular complexity index is 659. The van der Waals surface area contributed by atoms with Gasteiger partial charge >= 0.3 is 6.03 Å². The Balaban J connectivity index is 2.03. The minimum atomic E-state index is -0.937. The van der Waals surface area contributed by atoms with Crippen LogP contribution in [0.4, 0.5) is 10.5 Å². The molecule has 1 heterocycles. The summed E-state index contributed by atoms with van der Waals surface area (Å²) in [5.74, 6) is 0.945. The first-order valence-corrected chi connectivity index (χ1v) is 7.47. The quantitative estimate of drug-likeness (QED) is 0.884. The van der Waals surface area contributed by atoms with Crippen LogP contribution in [0.5, 0.6) is 0 Å². The molecule has 0 aliphatic heterocycles. The predicted molar refractivity (Wildman–Crippen MR) is 87.0 cm³/mol. The Hall–Kier alpha value is -2.41. The monoisotopic (exact) mass is 318 g/mol. The number of benzene rings is 1. The molecule has 2 aromatic rings. The molecule has 2 N–H and O–H groups in total. The minimum absolute atomic E-state index is 0.254. The summed E-state index contributed by atoms with van der Waals surface area (Å²) in [6.07, 6.45) is 0. The lowest BCUT2D eigenvalue weighted by Gasteiger charge is -2.28. The molecule has 0 spiro atoms. The molecule has 0 radical (unpaired) electrons. The molecule has 0 aliphatic rings. The molecule has 2 rings (SSSR count). The zero-order chi connectivity index (χ0) is 17.0. The van der Waals surface area contributed by atoms with Crippen molar-refractivity contribution in [2.24, 2.45) is 0 Å². The van der Waals surface area contributed by atoms with Crippen molar-refractivity contribution < 1.29 is 14.3 Å². The van der Waals surface area contributed by atoms with Crippen LogP contribution in [0.2, 0.25) is 0 Å². The van der Waals surface area contributed by atoms with Crippen molar-refractivity contribution >= 4 is 11.7 Å². The van der Waals surface area contributed by atoms with Crippen LogP contribution >= 0.6 is 0 Å². The van der Waals surface area contributed by atoms with Crippen LogP contribution in [0, 0.1) is 6.92 Å². The van der Waals surface area contributed by atoms with E-state index in [2.05, 4.69) is 15.5 Å². The smallest absolute Gasteiger partial charge is 0.321 e. The van der Waals surface area contributed by atoms with Gasteiger partial charge in [0.05, 0.1) is 12.1 Å². The number of hydrogen-bond acceptors (Lipinski definition) is 5. The van der Waals surface area contributed by atoms with Crippen LogP contribution in [0.15, 0.2) is 28.7 Å². The van der Waals surface area contributed by atoms with Gasteiger partial charge < -0.3 is 19.7 Å². The minimum Gasteiger partial charge on any atom is -0.421 e. The largest absolute Gasteiger partial charge is 0.421 e. The topological polar surface area (TPSA) is 91.5 Å². The van der Waals surface area contributed by atoms with Gasteiger partial charge in [0.1, 0.15) is 0 Å². The molecule has 0 fully saturated rings. The first-order chi connectivity index (χ1) is 10.8. The van der Waals surface area contributed by atoms with E-state index in [1.807, 2.05) is 6.92 Å². The average Bonchev–Trinajstić information content (AvgIpc) is 2.91. The van der Waals surface area contributed by atoms with Gasteiger partial charge in [-0.1, -0.05) is 0 Å². The van der Waals surface area contributed by atoms with E-state index in [4.69, 9.17) is 4.42 Å². The first-order valence-electron chi connectivity index (χ1n) is 7.47. The average molecular weight is 318 g/mol. The molecule has 2 amide bonds. The number of rotatable bonds is 5. The standard InChI is InChI=1S/C16H22N4O3/c1-5-20(10-16(3,4)22)15(21)17-13-8-6-12(7-9-13)14-19-18-11(2)23-14/h6-9,22H,5,10H2,1-4H3,(H,17,21). The molecule has 1 aromatic heterocycles. The van der Waals surface area contributed by atoms with Crippen molar-refractivity contribution in [2.75, 3.05) is 18.4 Å². The van der Waals surface area contributed by atoms with E-state index in [1.54, 1.807) is 49.9 Å². The number of nitrogens with one attached hydrogen (secondary N) is 1. The Labute approximate surface area is 135 Å². The van der Waals surface area contributed by atoms with E-state index in [1.165, 1.54) is 0 Å². The summed E-state index contributed by atoms with van der Waals surface area (Å²) in [7, 11) is 0. The molecule has 0 atom stereocenters. The normalized spacial score (nSPS) is 11.3. The highest BCUT2D eigenvalue weighted by Gasteiger charge is 2.21. The van der Waals surface area contributed by atoms with Gasteiger partial charge in [0.15, 0.2) is 0 Å². The molecule has 0 saturated carbocycles. The Morgan fingerprint density at radius 2 is 1.96 bits per heavy atom. The maximum Gasteiger partial charge on any atom is 0.321 e. The lowest BCUT2D eigenvalue weighted by Crippen LogP contribution is -2.44. The first kappa shape index (κ1) is 17.0. The Morgan fingerprint density at radius 3 is 2.43 bits per heavy atom. The van der Waals surface area contributed by atoms with Gasteiger partial charge in [-0.2, -0.15) is 0 Å². The number of anilines is 1. The summed E-state index contributed by atoms with van der Waals surface area (Å²) in [5, 5.41) is 20.4. The Kier molecular flexibility index (Phi) is 5.00. The van der Waals surface area contributed by atoms with Crippen molar-refractivity contribution in [3.05, 3.63) is 30.2 Å². The third-order valence-corrected chi connectivity index (χ3v) is 3.16. The summed E-state index contributed by atoms with van der Waals surface area (Å²) in [5.41, 5.74) is 0.504. The predicted octanol–water partition coefficient (Wildman–Crippen LogP) is 2.67. The number of urea groups is 1. The van der Waals surface area contributed by atoms with E-state index in [0.717, 1.165) is 5.56 Å². The number of nitrogens with zero attached hydrogens (tertiary/aromatic N) is 3. The molecular formula is C16H22N4O3. The number of aryl methyl sites for hydroxylation is 1. The zero-order valence-electron chi connectivity index (χ0n) is 13.8. The molecule has 7 nitrogen and oxygen atoms in total. The summed E-state index contributed by atoms with van der Waals surface area (Å²) < 4.78 is 5.36. The van der Waals surface area contributed by atoms with E-state index in [-0.39, 0.29) is 12.6 Å². The molecule has 0 saturated heterocycles. The maximum atomic E-state index is 12.2. The third-order valence-electron chi connectivity index (χ3n) is 3.16. The highest BCUT2D eigenvalue weighted by atomic mass is 16.4. The molecular weight excluding hydrogens is 296 g/mol. The number of amides is 2. The van der Waals surface area contributed by atoms with E-state index < -0.39 is 5.60 Å². The SMILES string of the molecule is CCN(CC(C)(C)O)C(=O)Nc1ccc(-c2nnc(C)o2)cc1. The van der Waals surface area contributed by atoms with Crippen LogP contribution in [-0.2, 0) is 0 Å². The fraction of sp³-hybridized carbons (Fsp3) is 0.438. The van der Waals surface area contributed by atoms with Gasteiger partial charge in [-0.05, 0) is 45.0 Å². The number of aromatic nitrogens is 2. The van der Waals surface area contributed by atoms with Gasteiger partial charge in [0.25, 0.3) is 0 Å². The van der Waals surface area contributed by atoms with Gasteiger partial charge in [0.2, 0.25) is 11.8 Å². The summed E-state index contributed by atoms with van der Waals surface area (Å²) in [6, 6.07) is 6.88. The van der Waals surface area contributed by atoms with Crippen molar-refractivity contribution in [1.82, 2.24) is 15.1 Å². The van der Waals surface area contributed by atoms with Crippen LogP contribution < -0.4 is 5.32 Å². The van der Waals surface area contributed by atoms with Crippen LogP contribution in [0.3, 0.4) is 0 Å². The number of carbonyl (C=O) groups excluding carboxylic acids is 1. The van der Waals surface area contributed by atoms with E-state index >= 15 is 0 Å². The number of hydrogen-bond donors (Lipinski definition) is 2. The number of aliphatic hydroxyl groups is 1. The summed E-state index contributed by atoms with van der Waals surface area (Å²) in [4.78, 5) is 13.8. The zero-order valence-corrected chi connectivity index (χ0v) is 13.8. The number of carbonyl (C=O) groups is 1. The molecule has 7 heteroatoms. The number of likely N-dealkylation sites (N-methyl/N-ethyl adjacent to an activating group) is 1. The fourth-order valence-corrected chi connectivity index (χ4v) is 2.11. The van der Waals surface area contributed by atoms with Gasteiger partial charge in [-0.25, -0.2) is 4.79 Å². The van der Waals surface area contributed by atoms with Crippen molar-refractivity contribution in [2.45, 2.75) is 33.3 Å². The van der Waals surface area contributed by atoms with Gasteiger partial charge in [0, 0.05) is 24.7 Å². The highest BCUT2D eigenvalue weighted by molar-refractivity contribution is 5.89.